The van der Waals surface area contributed by atoms with Crippen LogP contribution in [0.15, 0.2) is 0 Å². The number of carbonyl (C=O) groups excluding carboxylic acids is 4. The molecule has 0 N–H and O–H groups in total. The summed E-state index contributed by atoms with van der Waals surface area (Å²) in [6.07, 6.45) is -1.12. The van der Waals surface area contributed by atoms with Gasteiger partial charge in [0, 0.05) is 25.7 Å². The minimum absolute atomic E-state index is 0.151. The fourth-order valence-electron chi connectivity index (χ4n) is 2.93. The molecule has 31 heavy (non-hydrogen) atoms. The molecule has 177 valence electrons. The molecule has 1 radical (unpaired) electrons. The summed E-state index contributed by atoms with van der Waals surface area (Å²) in [6, 6.07) is 0. The van der Waals surface area contributed by atoms with E-state index in [0.29, 0.717) is 25.7 Å². The van der Waals surface area contributed by atoms with Crippen molar-refractivity contribution in [2.24, 2.45) is 0 Å². The Kier molecular flexibility index (Phi) is 12.8. The Labute approximate surface area is 184 Å². The number of ether oxygens (including phenoxy) is 5. The monoisotopic (exact) mass is 443 g/mol. The number of carbonyl (C=O) groups is 4. The van der Waals surface area contributed by atoms with Crippen LogP contribution in [0.5, 0.6) is 0 Å². The Morgan fingerprint density at radius 1 is 0.677 bits per heavy atom. The Morgan fingerprint density at radius 2 is 1.13 bits per heavy atom. The van der Waals surface area contributed by atoms with Gasteiger partial charge in [-0.2, -0.15) is 0 Å². The molecule has 0 spiro atoms. The quantitative estimate of drug-likeness (QED) is 0.313. The van der Waals surface area contributed by atoms with Crippen LogP contribution >= 0.6 is 0 Å². The van der Waals surface area contributed by atoms with Crippen LogP contribution in [0.1, 0.15) is 79.1 Å². The maximum absolute atomic E-state index is 12.2. The molecule has 0 aromatic carbocycles. The van der Waals surface area contributed by atoms with Crippen LogP contribution < -0.4 is 0 Å². The van der Waals surface area contributed by atoms with Gasteiger partial charge in [0.05, 0.1) is 0 Å². The molecule has 4 atom stereocenters. The first-order valence-electron chi connectivity index (χ1n) is 11.1. The topological polar surface area (TPSA) is 114 Å². The van der Waals surface area contributed by atoms with Gasteiger partial charge < -0.3 is 23.7 Å². The molecule has 1 heterocycles. The summed E-state index contributed by atoms with van der Waals surface area (Å²) in [4.78, 5) is 48.3. The third-order valence-corrected chi connectivity index (χ3v) is 4.43. The van der Waals surface area contributed by atoms with Crippen LogP contribution in [0.2, 0.25) is 0 Å². The van der Waals surface area contributed by atoms with E-state index >= 15 is 0 Å². The summed E-state index contributed by atoms with van der Waals surface area (Å²) in [7, 11) is 0. The molecule has 0 bridgehead atoms. The van der Waals surface area contributed by atoms with E-state index in [1.807, 2.05) is 27.7 Å². The minimum Gasteiger partial charge on any atom is -0.463 e. The molecule has 1 saturated heterocycles. The average molecular weight is 444 g/mol. The maximum Gasteiger partial charge on any atom is 0.306 e. The van der Waals surface area contributed by atoms with Gasteiger partial charge in [0.25, 0.3) is 0 Å². The Balaban J connectivity index is 3.08. The van der Waals surface area contributed by atoms with Crippen LogP contribution in [-0.4, -0.2) is 54.9 Å². The summed E-state index contributed by atoms with van der Waals surface area (Å²) in [6.45, 7) is 8.36. The smallest absolute Gasteiger partial charge is 0.306 e. The van der Waals surface area contributed by atoms with Gasteiger partial charge in [0.1, 0.15) is 19.3 Å². The van der Waals surface area contributed by atoms with Crippen molar-refractivity contribution in [3.63, 3.8) is 0 Å². The van der Waals surface area contributed by atoms with Crippen molar-refractivity contribution in [3.8, 4) is 0 Å². The van der Waals surface area contributed by atoms with Crippen molar-refractivity contribution in [1.82, 2.24) is 0 Å². The molecule has 0 aromatic rings. The van der Waals surface area contributed by atoms with Gasteiger partial charge in [-0.3, -0.25) is 19.2 Å². The first kappa shape index (κ1) is 26.9. The molecule has 9 nitrogen and oxygen atoms in total. The highest BCUT2D eigenvalue weighted by Gasteiger charge is 2.48. The SMILES string of the molecule is CCCC(=O)OC[C@H]1O[CH][C@@H](OC(=O)CCC)[C@H](OC(=O)CCC)[C@@H]1OC(=O)CCC. The van der Waals surface area contributed by atoms with Gasteiger partial charge in [-0.1, -0.05) is 27.7 Å². The van der Waals surface area contributed by atoms with Gasteiger partial charge >= 0.3 is 23.9 Å². The fourth-order valence-corrected chi connectivity index (χ4v) is 2.93. The lowest BCUT2D eigenvalue weighted by molar-refractivity contribution is -0.220. The second-order valence-electron chi connectivity index (χ2n) is 7.36. The van der Waals surface area contributed by atoms with E-state index in [4.69, 9.17) is 23.7 Å². The summed E-state index contributed by atoms with van der Waals surface area (Å²) in [5.41, 5.74) is 0. The van der Waals surface area contributed by atoms with Crippen molar-refractivity contribution in [3.05, 3.63) is 6.61 Å². The predicted octanol–water partition coefficient (Wildman–Crippen LogP) is 3.03. The highest BCUT2D eigenvalue weighted by Crippen LogP contribution is 2.28. The number of hydrogen-bond acceptors (Lipinski definition) is 9. The van der Waals surface area contributed by atoms with Gasteiger partial charge in [0.2, 0.25) is 0 Å². The van der Waals surface area contributed by atoms with E-state index in [1.54, 1.807) is 0 Å². The Morgan fingerprint density at radius 3 is 1.65 bits per heavy atom. The van der Waals surface area contributed by atoms with E-state index in [2.05, 4.69) is 0 Å². The highest BCUT2D eigenvalue weighted by molar-refractivity contribution is 5.72. The molecular weight excluding hydrogens is 408 g/mol. The van der Waals surface area contributed by atoms with Crippen LogP contribution in [-0.2, 0) is 42.9 Å². The molecule has 0 aromatic heterocycles. The van der Waals surface area contributed by atoms with Crippen LogP contribution in [0, 0.1) is 6.61 Å². The molecule has 1 rings (SSSR count). The Hall–Kier alpha value is -2.16. The van der Waals surface area contributed by atoms with Crippen LogP contribution in [0.4, 0.5) is 0 Å². The van der Waals surface area contributed by atoms with Gasteiger partial charge in [-0.15, -0.1) is 0 Å². The molecule has 0 saturated carbocycles. The summed E-state index contributed by atoms with van der Waals surface area (Å²) in [5, 5.41) is 0. The van der Waals surface area contributed by atoms with Crippen LogP contribution in [0.3, 0.4) is 0 Å². The van der Waals surface area contributed by atoms with E-state index in [1.165, 1.54) is 6.61 Å². The lowest BCUT2D eigenvalue weighted by Crippen LogP contribution is -2.57. The third kappa shape index (κ3) is 9.67. The highest BCUT2D eigenvalue weighted by atomic mass is 16.7. The molecule has 0 amide bonds. The lowest BCUT2D eigenvalue weighted by Gasteiger charge is -2.40. The zero-order valence-corrected chi connectivity index (χ0v) is 18.9. The lowest BCUT2D eigenvalue weighted by atomic mass is 9.99. The normalized spacial score (nSPS) is 23.0. The third-order valence-electron chi connectivity index (χ3n) is 4.43. The van der Waals surface area contributed by atoms with Gasteiger partial charge in [-0.05, 0) is 25.7 Å². The van der Waals surface area contributed by atoms with Gasteiger partial charge in [-0.25, -0.2) is 0 Å². The van der Waals surface area contributed by atoms with E-state index in [0.717, 1.165) is 0 Å². The van der Waals surface area contributed by atoms with E-state index in [-0.39, 0.29) is 32.3 Å². The Bertz CT molecular complexity index is 590. The van der Waals surface area contributed by atoms with E-state index in [9.17, 15) is 19.2 Å². The summed E-state index contributed by atoms with van der Waals surface area (Å²) >= 11 is 0. The molecule has 0 aliphatic carbocycles. The fraction of sp³-hybridized carbons (Fsp3) is 0.773. The average Bonchev–Trinajstić information content (AvgIpc) is 2.70. The molecule has 0 unspecified atom stereocenters. The molecular formula is C22H35O9. The maximum atomic E-state index is 12.2. The minimum atomic E-state index is -1.11. The summed E-state index contributed by atoms with van der Waals surface area (Å²) in [5.74, 6) is -1.94. The first-order chi connectivity index (χ1) is 14.9. The number of esters is 4. The van der Waals surface area contributed by atoms with E-state index < -0.39 is 48.3 Å². The standard InChI is InChI=1S/C22H35O9/c1-5-9-17(23)28-13-15-21(30-19(25)11-7-3)22(31-20(26)12-8-4)16(14-27-15)29-18(24)10-6-2/h14-16,21-22H,5-13H2,1-4H3/t15-,16-,21-,22+/m1/s1. The second-order valence-corrected chi connectivity index (χ2v) is 7.36. The zero-order chi connectivity index (χ0) is 23.2. The number of hydrogen-bond donors (Lipinski definition) is 0. The second kappa shape index (κ2) is 14.8. The van der Waals surface area contributed by atoms with Crippen LogP contribution in [0.25, 0.3) is 0 Å². The first-order valence-corrected chi connectivity index (χ1v) is 11.1. The molecule has 1 aliphatic rings. The largest absolute Gasteiger partial charge is 0.463 e. The zero-order valence-electron chi connectivity index (χ0n) is 18.9. The van der Waals surface area contributed by atoms with Gasteiger partial charge in [0.15, 0.2) is 18.3 Å². The van der Waals surface area contributed by atoms with Crippen molar-refractivity contribution in [2.75, 3.05) is 6.61 Å². The van der Waals surface area contributed by atoms with Crippen molar-refractivity contribution >= 4 is 23.9 Å². The summed E-state index contributed by atoms with van der Waals surface area (Å²) < 4.78 is 27.4. The predicted molar refractivity (Wildman–Crippen MR) is 109 cm³/mol. The molecule has 9 heteroatoms. The molecule has 1 aliphatic heterocycles. The number of rotatable bonds is 13. The van der Waals surface area contributed by atoms with Crippen molar-refractivity contribution < 1.29 is 42.9 Å². The van der Waals surface area contributed by atoms with Crippen molar-refractivity contribution in [2.45, 2.75) is 103 Å². The molecule has 1 fully saturated rings. The van der Waals surface area contributed by atoms with Crippen molar-refractivity contribution in [1.29, 1.82) is 0 Å².